The van der Waals surface area contributed by atoms with Gasteiger partial charge in [0, 0.05) is 25.1 Å². The number of ether oxygens (including phenoxy) is 1. The number of benzene rings is 2. The molecular weight excluding hydrogens is 434 g/mol. The van der Waals surface area contributed by atoms with Crippen molar-refractivity contribution in [2.24, 2.45) is 0 Å². The van der Waals surface area contributed by atoms with Crippen LogP contribution >= 0.6 is 11.6 Å². The van der Waals surface area contributed by atoms with Crippen molar-refractivity contribution in [3.8, 4) is 5.75 Å². The quantitative estimate of drug-likeness (QED) is 0.316. The number of amides is 1. The molecule has 2 aromatic rings. The molecule has 162 valence electrons. The number of nitro groups is 1. The Balaban J connectivity index is 1.87. The Kier molecular flexibility index (Phi) is 8.43. The van der Waals surface area contributed by atoms with Crippen molar-refractivity contribution in [2.75, 3.05) is 30.3 Å². The largest absolute Gasteiger partial charge is 0.492 e. The minimum Gasteiger partial charge on any atom is -0.492 e. The molecule has 0 aliphatic heterocycles. The number of hydrogen-bond acceptors (Lipinski definition) is 6. The summed E-state index contributed by atoms with van der Waals surface area (Å²) in [7, 11) is -3.76. The smallest absolute Gasteiger partial charge is 0.271 e. The number of non-ortho nitro benzene ring substituents is 1. The zero-order valence-corrected chi connectivity index (χ0v) is 17.9. The van der Waals surface area contributed by atoms with Gasteiger partial charge in [0.1, 0.15) is 12.4 Å². The Morgan fingerprint density at radius 2 is 1.93 bits per heavy atom. The van der Waals surface area contributed by atoms with Gasteiger partial charge in [0.05, 0.1) is 28.4 Å². The summed E-state index contributed by atoms with van der Waals surface area (Å²) >= 11 is 6.06. The lowest BCUT2D eigenvalue weighted by molar-refractivity contribution is -0.384. The van der Waals surface area contributed by atoms with E-state index in [0.29, 0.717) is 18.9 Å². The number of nitrogens with one attached hydrogen (secondary N) is 1. The number of nitro benzene ring substituents is 1. The van der Waals surface area contributed by atoms with Gasteiger partial charge in [0.25, 0.3) is 5.69 Å². The number of rotatable bonds is 11. The van der Waals surface area contributed by atoms with Crippen molar-refractivity contribution in [1.82, 2.24) is 5.32 Å². The maximum atomic E-state index is 12.2. The van der Waals surface area contributed by atoms with Gasteiger partial charge in [-0.15, -0.1) is 0 Å². The van der Waals surface area contributed by atoms with Crippen LogP contribution in [0.2, 0.25) is 5.02 Å². The molecule has 0 aliphatic rings. The highest BCUT2D eigenvalue weighted by Gasteiger charge is 2.22. The molecule has 30 heavy (non-hydrogen) atoms. The summed E-state index contributed by atoms with van der Waals surface area (Å²) in [6, 6.07) is 12.7. The van der Waals surface area contributed by atoms with Gasteiger partial charge >= 0.3 is 0 Å². The maximum Gasteiger partial charge on any atom is 0.271 e. The van der Waals surface area contributed by atoms with Crippen LogP contribution in [0.3, 0.4) is 0 Å². The van der Waals surface area contributed by atoms with Crippen LogP contribution in [0.5, 0.6) is 5.75 Å². The van der Waals surface area contributed by atoms with Gasteiger partial charge in [-0.2, -0.15) is 0 Å². The van der Waals surface area contributed by atoms with Crippen molar-refractivity contribution >= 4 is 38.9 Å². The molecule has 0 atom stereocenters. The normalized spacial score (nSPS) is 11.0. The number of anilines is 1. The van der Waals surface area contributed by atoms with E-state index in [9.17, 15) is 23.3 Å². The van der Waals surface area contributed by atoms with Gasteiger partial charge < -0.3 is 10.1 Å². The number of sulfonamides is 1. The SMILES string of the molecule is CS(=O)(=O)N(CCCC(=O)NCCOc1ccccc1)c1cc([N+](=O)[O-])ccc1Cl. The number of carbonyl (C=O) groups excluding carboxylic acids is 1. The second-order valence-corrected chi connectivity index (χ2v) is 8.66. The highest BCUT2D eigenvalue weighted by atomic mass is 35.5. The highest BCUT2D eigenvalue weighted by molar-refractivity contribution is 7.92. The predicted octanol–water partition coefficient (Wildman–Crippen LogP) is 2.99. The molecule has 0 heterocycles. The zero-order valence-electron chi connectivity index (χ0n) is 16.3. The molecule has 11 heteroatoms. The maximum absolute atomic E-state index is 12.2. The minimum absolute atomic E-state index is 0.00466. The van der Waals surface area contributed by atoms with Crippen LogP contribution in [-0.4, -0.2) is 45.2 Å². The van der Waals surface area contributed by atoms with E-state index in [1.54, 1.807) is 12.1 Å². The van der Waals surface area contributed by atoms with E-state index in [-0.39, 0.29) is 41.7 Å². The molecule has 1 N–H and O–H groups in total. The number of nitrogens with zero attached hydrogens (tertiary/aromatic N) is 2. The third kappa shape index (κ3) is 7.20. The van der Waals surface area contributed by atoms with Crippen molar-refractivity contribution in [3.63, 3.8) is 0 Å². The number of carbonyl (C=O) groups is 1. The van der Waals surface area contributed by atoms with Gasteiger partial charge in [-0.3, -0.25) is 19.2 Å². The lowest BCUT2D eigenvalue weighted by Gasteiger charge is -2.23. The van der Waals surface area contributed by atoms with E-state index in [4.69, 9.17) is 16.3 Å². The average Bonchev–Trinajstić information content (AvgIpc) is 2.69. The summed E-state index contributed by atoms with van der Waals surface area (Å²) in [6.45, 7) is 0.558. The second-order valence-electron chi connectivity index (χ2n) is 6.34. The Labute approximate surface area is 179 Å². The molecule has 0 radical (unpaired) electrons. The molecule has 0 bridgehead atoms. The molecule has 0 aliphatic carbocycles. The first kappa shape index (κ1) is 23.4. The molecule has 9 nitrogen and oxygen atoms in total. The molecule has 0 aromatic heterocycles. The summed E-state index contributed by atoms with van der Waals surface area (Å²) in [5.74, 6) is 0.439. The van der Waals surface area contributed by atoms with Crippen molar-refractivity contribution < 1.29 is 22.9 Å². The monoisotopic (exact) mass is 455 g/mol. The highest BCUT2D eigenvalue weighted by Crippen LogP contribution is 2.31. The standard InChI is InChI=1S/C19H22ClN3O6S/c1-30(27,28)22(18-14-15(23(25)26)9-10-17(18)20)12-5-8-19(24)21-11-13-29-16-6-3-2-4-7-16/h2-4,6-7,9-10,14H,5,8,11-13H2,1H3,(H,21,24). The zero-order chi connectivity index (χ0) is 22.1. The van der Waals surface area contributed by atoms with Crippen LogP contribution in [0.4, 0.5) is 11.4 Å². The van der Waals surface area contributed by atoms with Gasteiger partial charge in [-0.1, -0.05) is 29.8 Å². The Morgan fingerprint density at radius 1 is 1.23 bits per heavy atom. The fraction of sp³-hybridized carbons (Fsp3) is 0.316. The van der Waals surface area contributed by atoms with Gasteiger partial charge in [0.2, 0.25) is 15.9 Å². The molecule has 0 saturated carbocycles. The summed E-state index contributed by atoms with van der Waals surface area (Å²) in [5.41, 5.74) is -0.274. The first-order valence-corrected chi connectivity index (χ1v) is 11.3. The third-order valence-electron chi connectivity index (χ3n) is 4.01. The molecule has 0 spiro atoms. The van der Waals surface area contributed by atoms with Crippen LogP contribution in [0.15, 0.2) is 48.5 Å². The van der Waals surface area contributed by atoms with Crippen LogP contribution in [-0.2, 0) is 14.8 Å². The van der Waals surface area contributed by atoms with Gasteiger partial charge in [-0.05, 0) is 24.6 Å². The number of halogens is 1. The summed E-state index contributed by atoms with van der Waals surface area (Å²) < 4.78 is 30.8. The lowest BCUT2D eigenvalue weighted by Crippen LogP contribution is -2.33. The molecule has 0 fully saturated rings. The summed E-state index contributed by atoms with van der Waals surface area (Å²) in [4.78, 5) is 22.3. The van der Waals surface area contributed by atoms with Crippen molar-refractivity contribution in [3.05, 3.63) is 63.7 Å². The van der Waals surface area contributed by atoms with Crippen LogP contribution < -0.4 is 14.4 Å². The van der Waals surface area contributed by atoms with E-state index < -0.39 is 14.9 Å². The third-order valence-corrected chi connectivity index (χ3v) is 5.51. The lowest BCUT2D eigenvalue weighted by atomic mass is 10.2. The first-order valence-electron chi connectivity index (χ1n) is 9.04. The first-order chi connectivity index (χ1) is 14.2. The van der Waals surface area contributed by atoms with E-state index in [2.05, 4.69) is 5.32 Å². The topological polar surface area (TPSA) is 119 Å². The Morgan fingerprint density at radius 3 is 2.57 bits per heavy atom. The second kappa shape index (κ2) is 10.8. The number of hydrogen-bond donors (Lipinski definition) is 1. The van der Waals surface area contributed by atoms with Gasteiger partial charge in [0.15, 0.2) is 0 Å². The van der Waals surface area contributed by atoms with Crippen LogP contribution in [0.1, 0.15) is 12.8 Å². The molecule has 1 amide bonds. The average molecular weight is 456 g/mol. The fourth-order valence-electron chi connectivity index (χ4n) is 2.62. The van der Waals surface area contributed by atoms with Gasteiger partial charge in [-0.25, -0.2) is 8.42 Å². The fourth-order valence-corrected chi connectivity index (χ4v) is 3.86. The van der Waals surface area contributed by atoms with Crippen molar-refractivity contribution in [1.29, 1.82) is 0 Å². The van der Waals surface area contributed by atoms with E-state index in [1.165, 1.54) is 12.1 Å². The molecule has 0 unspecified atom stereocenters. The van der Waals surface area contributed by atoms with Crippen molar-refractivity contribution in [2.45, 2.75) is 12.8 Å². The summed E-state index contributed by atoms with van der Waals surface area (Å²) in [6.07, 6.45) is 1.25. The van der Waals surface area contributed by atoms with E-state index >= 15 is 0 Å². The Hall–Kier alpha value is -2.85. The number of para-hydroxylation sites is 1. The molecular formula is C19H22ClN3O6S. The van der Waals surface area contributed by atoms with E-state index in [0.717, 1.165) is 16.6 Å². The van der Waals surface area contributed by atoms with Crippen LogP contribution in [0, 0.1) is 10.1 Å². The summed E-state index contributed by atoms with van der Waals surface area (Å²) in [5, 5.41) is 13.7. The predicted molar refractivity (Wildman–Crippen MR) is 114 cm³/mol. The molecule has 2 rings (SSSR count). The molecule has 2 aromatic carbocycles. The minimum atomic E-state index is -3.76. The molecule has 0 saturated heterocycles. The Bertz CT molecular complexity index is 985. The van der Waals surface area contributed by atoms with Crippen LogP contribution in [0.25, 0.3) is 0 Å². The van der Waals surface area contributed by atoms with E-state index in [1.807, 2.05) is 18.2 Å².